The smallest absolute Gasteiger partial charge is 0.417 e. The maximum Gasteiger partial charge on any atom is 0.417 e. The van der Waals surface area contributed by atoms with Gasteiger partial charge in [-0.15, -0.1) is 0 Å². The first-order chi connectivity index (χ1) is 5.70. The Morgan fingerprint density at radius 1 is 1.33 bits per heavy atom. The second-order valence-electron chi connectivity index (χ2n) is 3.15. The molecule has 0 spiro atoms. The minimum atomic E-state index is 0.0221. The summed E-state index contributed by atoms with van der Waals surface area (Å²) < 4.78 is 9.94. The summed E-state index contributed by atoms with van der Waals surface area (Å²) in [5, 5.41) is 0. The molecule has 0 aliphatic carbocycles. The van der Waals surface area contributed by atoms with Crippen molar-refractivity contribution in [1.82, 2.24) is 0 Å². The molecule has 0 aromatic carbocycles. The van der Waals surface area contributed by atoms with Gasteiger partial charge in [0.25, 0.3) is 0 Å². The van der Waals surface area contributed by atoms with E-state index in [9.17, 15) is 4.79 Å². The van der Waals surface area contributed by atoms with E-state index < -0.39 is 0 Å². The zero-order valence-electron chi connectivity index (χ0n) is 8.00. The lowest BCUT2D eigenvalue weighted by atomic mass is 10.2. The Balaban J connectivity index is 3.45. The van der Waals surface area contributed by atoms with E-state index in [4.69, 9.17) is 4.74 Å². The van der Waals surface area contributed by atoms with Gasteiger partial charge >= 0.3 is 6.47 Å². The van der Waals surface area contributed by atoms with E-state index >= 15 is 0 Å². The summed E-state index contributed by atoms with van der Waals surface area (Å²) in [6, 6.07) is 0. The first-order valence-electron chi connectivity index (χ1n) is 4.31. The molecule has 12 heavy (non-hydrogen) atoms. The zero-order valence-corrected chi connectivity index (χ0v) is 8.00. The second-order valence-corrected chi connectivity index (χ2v) is 3.15. The first-order valence-corrected chi connectivity index (χ1v) is 4.31. The van der Waals surface area contributed by atoms with E-state index in [1.807, 2.05) is 6.92 Å². The minimum absolute atomic E-state index is 0.0221. The number of rotatable bonds is 7. The Morgan fingerprint density at radius 3 is 2.42 bits per heavy atom. The average Bonchev–Trinajstić information content (AvgIpc) is 2.05. The molecule has 71 valence electrons. The van der Waals surface area contributed by atoms with Crippen molar-refractivity contribution in [2.24, 2.45) is 5.92 Å². The highest BCUT2D eigenvalue weighted by atomic mass is 16.6. The molecule has 1 unspecified atom stereocenters. The van der Waals surface area contributed by atoms with Crippen molar-refractivity contribution in [3.63, 3.8) is 0 Å². The number of hydrogen-bond acceptors (Lipinski definition) is 3. The van der Waals surface area contributed by atoms with Crippen molar-refractivity contribution in [2.45, 2.75) is 33.3 Å². The minimum Gasteiger partial charge on any atom is -0.455 e. The molecule has 0 heterocycles. The Kier molecular flexibility index (Phi) is 6.76. The molecule has 3 nitrogen and oxygen atoms in total. The largest absolute Gasteiger partial charge is 0.455 e. The van der Waals surface area contributed by atoms with Crippen LogP contribution in [0.15, 0.2) is 0 Å². The summed E-state index contributed by atoms with van der Waals surface area (Å²) in [5.41, 5.74) is 0. The van der Waals surface area contributed by atoms with Gasteiger partial charge in [0.15, 0.2) is 0 Å². The third-order valence-electron chi connectivity index (χ3n) is 1.45. The average molecular weight is 173 g/mol. The topological polar surface area (TPSA) is 35.5 Å². The molecule has 1 radical (unpaired) electrons. The van der Waals surface area contributed by atoms with Gasteiger partial charge in [0.05, 0.1) is 6.10 Å². The maximum atomic E-state index is 9.76. The van der Waals surface area contributed by atoms with E-state index in [1.165, 1.54) is 6.47 Å². The molecule has 1 atom stereocenters. The van der Waals surface area contributed by atoms with Crippen LogP contribution >= 0.6 is 0 Å². The molecule has 0 rings (SSSR count). The van der Waals surface area contributed by atoms with Crippen LogP contribution in [0.25, 0.3) is 0 Å². The highest BCUT2D eigenvalue weighted by Gasteiger charge is 2.07. The van der Waals surface area contributed by atoms with Gasteiger partial charge in [-0.3, -0.25) is 0 Å². The van der Waals surface area contributed by atoms with Gasteiger partial charge in [0, 0.05) is 6.61 Å². The van der Waals surface area contributed by atoms with E-state index in [-0.39, 0.29) is 6.10 Å². The van der Waals surface area contributed by atoms with Crippen molar-refractivity contribution in [3.05, 3.63) is 0 Å². The predicted molar refractivity (Wildman–Crippen MR) is 46.5 cm³/mol. The van der Waals surface area contributed by atoms with Crippen molar-refractivity contribution < 1.29 is 14.3 Å². The third-order valence-corrected chi connectivity index (χ3v) is 1.45. The number of hydrogen-bond donors (Lipinski definition) is 0. The lowest BCUT2D eigenvalue weighted by Gasteiger charge is -2.15. The molecule has 0 N–H and O–H groups in total. The van der Waals surface area contributed by atoms with Crippen LogP contribution in [0.1, 0.15) is 27.2 Å². The van der Waals surface area contributed by atoms with Crippen molar-refractivity contribution in [1.29, 1.82) is 0 Å². The lowest BCUT2D eigenvalue weighted by molar-refractivity contribution is 0.00145. The summed E-state index contributed by atoms with van der Waals surface area (Å²) in [4.78, 5) is 9.76. The summed E-state index contributed by atoms with van der Waals surface area (Å²) >= 11 is 0. The van der Waals surface area contributed by atoms with Gasteiger partial charge in [-0.1, -0.05) is 20.8 Å². The Labute approximate surface area is 74.0 Å². The molecule has 0 amide bonds. The summed E-state index contributed by atoms with van der Waals surface area (Å²) in [7, 11) is 0. The molecule has 0 aromatic heterocycles. The van der Waals surface area contributed by atoms with Gasteiger partial charge in [0.2, 0.25) is 0 Å². The van der Waals surface area contributed by atoms with Gasteiger partial charge in [-0.2, -0.15) is 0 Å². The lowest BCUT2D eigenvalue weighted by Crippen LogP contribution is -2.20. The van der Waals surface area contributed by atoms with Crippen molar-refractivity contribution >= 4 is 6.47 Å². The van der Waals surface area contributed by atoms with Crippen LogP contribution in [-0.4, -0.2) is 25.8 Å². The standard InChI is InChI=1S/C9H17O3/c1-4-9(6-11-7-10)12-5-8(2)3/h8-9H,4-6H2,1-3H3. The second kappa shape index (κ2) is 7.10. The fraction of sp³-hybridized carbons (Fsp3) is 0.889. The van der Waals surface area contributed by atoms with E-state index in [2.05, 4.69) is 18.6 Å². The first kappa shape index (κ1) is 11.4. The van der Waals surface area contributed by atoms with Crippen molar-refractivity contribution in [3.8, 4) is 0 Å². The van der Waals surface area contributed by atoms with Crippen LogP contribution in [-0.2, 0) is 14.3 Å². The normalized spacial score (nSPS) is 13.0. The zero-order chi connectivity index (χ0) is 9.40. The molecule has 3 heteroatoms. The fourth-order valence-corrected chi connectivity index (χ4v) is 0.739. The SMILES string of the molecule is CCC(CO[C]=O)OCC(C)C. The number of ether oxygens (including phenoxy) is 2. The van der Waals surface area contributed by atoms with Crippen LogP contribution in [0.4, 0.5) is 0 Å². The molecule has 0 saturated carbocycles. The Morgan fingerprint density at radius 2 is 2.00 bits per heavy atom. The quantitative estimate of drug-likeness (QED) is 0.585. The molecular weight excluding hydrogens is 156 g/mol. The Bertz CT molecular complexity index is 112. The van der Waals surface area contributed by atoms with Crippen molar-refractivity contribution in [2.75, 3.05) is 13.2 Å². The van der Waals surface area contributed by atoms with Crippen LogP contribution in [0.5, 0.6) is 0 Å². The monoisotopic (exact) mass is 173 g/mol. The van der Waals surface area contributed by atoms with Gasteiger partial charge in [-0.05, 0) is 12.3 Å². The molecule has 0 aliphatic heterocycles. The van der Waals surface area contributed by atoms with Crippen LogP contribution < -0.4 is 0 Å². The molecule has 0 fully saturated rings. The van der Waals surface area contributed by atoms with E-state index in [0.717, 1.165) is 6.42 Å². The van der Waals surface area contributed by atoms with Gasteiger partial charge in [-0.25, -0.2) is 4.79 Å². The molecule has 0 bridgehead atoms. The number of carbonyl (C=O) groups excluding carboxylic acids is 1. The van der Waals surface area contributed by atoms with E-state index in [0.29, 0.717) is 19.1 Å². The predicted octanol–water partition coefficient (Wildman–Crippen LogP) is 1.52. The molecular formula is C9H17O3. The molecule has 0 aromatic rings. The molecule has 0 aliphatic rings. The fourth-order valence-electron chi connectivity index (χ4n) is 0.739. The highest BCUT2D eigenvalue weighted by molar-refractivity contribution is 5.38. The summed E-state index contributed by atoms with van der Waals surface area (Å²) in [5.74, 6) is 0.513. The van der Waals surface area contributed by atoms with Crippen LogP contribution in [0.3, 0.4) is 0 Å². The van der Waals surface area contributed by atoms with Gasteiger partial charge in [0.1, 0.15) is 6.61 Å². The third kappa shape index (κ3) is 6.16. The Hall–Kier alpha value is -0.570. The summed E-state index contributed by atoms with van der Waals surface area (Å²) in [6.07, 6.45) is 0.878. The summed E-state index contributed by atoms with van der Waals surface area (Å²) in [6.45, 7) is 8.58. The van der Waals surface area contributed by atoms with Crippen LogP contribution in [0.2, 0.25) is 0 Å². The highest BCUT2D eigenvalue weighted by Crippen LogP contribution is 2.02. The van der Waals surface area contributed by atoms with Crippen LogP contribution in [0, 0.1) is 5.92 Å². The van der Waals surface area contributed by atoms with E-state index in [1.54, 1.807) is 0 Å². The maximum absolute atomic E-state index is 9.76. The molecule has 0 saturated heterocycles. The van der Waals surface area contributed by atoms with Gasteiger partial charge < -0.3 is 9.47 Å².